The van der Waals surface area contributed by atoms with Gasteiger partial charge in [-0.15, -0.1) is 0 Å². The summed E-state index contributed by atoms with van der Waals surface area (Å²) in [4.78, 5) is 9.82. The molecule has 0 radical (unpaired) electrons. The predicted molar refractivity (Wildman–Crippen MR) is 62.3 cm³/mol. The fourth-order valence-electron chi connectivity index (χ4n) is 0.203. The summed E-state index contributed by atoms with van der Waals surface area (Å²) in [7, 11) is 0. The lowest BCUT2D eigenvalue weighted by atomic mass is 10.8. The first-order valence-electron chi connectivity index (χ1n) is 3.87. The SMILES string of the molecule is CCOC(C)=O.C[S+](C)[O-].C[S+](C)[O-]. The van der Waals surface area contributed by atoms with Crippen LogP contribution in [0, 0.1) is 0 Å². The van der Waals surface area contributed by atoms with Crippen molar-refractivity contribution in [3.8, 4) is 0 Å². The highest BCUT2D eigenvalue weighted by molar-refractivity contribution is 7.90. The Hall–Kier alpha value is 0.0900. The summed E-state index contributed by atoms with van der Waals surface area (Å²) in [6.07, 6.45) is 6.56. The van der Waals surface area contributed by atoms with Crippen LogP contribution in [0.2, 0.25) is 0 Å². The van der Waals surface area contributed by atoms with Crippen LogP contribution in [-0.4, -0.2) is 46.7 Å². The zero-order valence-electron chi connectivity index (χ0n) is 9.66. The number of ether oxygens (including phenoxy) is 1. The normalized spacial score (nSPS) is 8.43. The van der Waals surface area contributed by atoms with E-state index in [2.05, 4.69) is 4.74 Å². The molecule has 88 valence electrons. The largest absolute Gasteiger partial charge is 0.617 e. The van der Waals surface area contributed by atoms with Gasteiger partial charge in [0.25, 0.3) is 0 Å². The Morgan fingerprint density at radius 2 is 1.36 bits per heavy atom. The zero-order valence-corrected chi connectivity index (χ0v) is 11.3. The van der Waals surface area contributed by atoms with Gasteiger partial charge in [-0.1, -0.05) is 22.4 Å². The van der Waals surface area contributed by atoms with Gasteiger partial charge in [0.1, 0.15) is 0 Å². The van der Waals surface area contributed by atoms with Gasteiger partial charge in [0.2, 0.25) is 0 Å². The van der Waals surface area contributed by atoms with Gasteiger partial charge in [-0.2, -0.15) is 0 Å². The van der Waals surface area contributed by atoms with Gasteiger partial charge < -0.3 is 13.8 Å². The lowest BCUT2D eigenvalue weighted by molar-refractivity contribution is -0.140. The van der Waals surface area contributed by atoms with Crippen molar-refractivity contribution in [3.05, 3.63) is 0 Å². The van der Waals surface area contributed by atoms with Crippen molar-refractivity contribution in [1.29, 1.82) is 0 Å². The molecule has 0 aliphatic carbocycles. The predicted octanol–water partition coefficient (Wildman–Crippen LogP) is 0.559. The van der Waals surface area contributed by atoms with Gasteiger partial charge >= 0.3 is 5.97 Å². The number of hydrogen-bond donors (Lipinski definition) is 0. The summed E-state index contributed by atoms with van der Waals surface area (Å²) in [5, 5.41) is 0. The summed E-state index contributed by atoms with van der Waals surface area (Å²) in [5.74, 6) is -0.211. The second-order valence-corrected chi connectivity index (χ2v) is 5.37. The van der Waals surface area contributed by atoms with E-state index in [9.17, 15) is 13.9 Å². The number of carbonyl (C=O) groups is 1. The molecule has 0 atom stereocenters. The molecule has 14 heavy (non-hydrogen) atoms. The molecule has 0 N–H and O–H groups in total. The van der Waals surface area contributed by atoms with E-state index in [1.807, 2.05) is 0 Å². The average Bonchev–Trinajstić information content (AvgIpc) is 1.82. The van der Waals surface area contributed by atoms with Gasteiger partial charge in [0, 0.05) is 6.92 Å². The molecule has 0 aliphatic heterocycles. The van der Waals surface area contributed by atoms with E-state index in [1.54, 1.807) is 31.9 Å². The van der Waals surface area contributed by atoms with Crippen LogP contribution in [0.4, 0.5) is 0 Å². The molecule has 0 heterocycles. The van der Waals surface area contributed by atoms with Crippen molar-refractivity contribution < 1.29 is 18.6 Å². The Bertz CT molecular complexity index is 106. The van der Waals surface area contributed by atoms with E-state index in [0.29, 0.717) is 6.61 Å². The molecular weight excluding hydrogens is 224 g/mol. The summed E-state index contributed by atoms with van der Waals surface area (Å²) >= 11 is -1.22. The minimum Gasteiger partial charge on any atom is -0.617 e. The van der Waals surface area contributed by atoms with Gasteiger partial charge in [-0.05, 0) is 6.92 Å². The summed E-state index contributed by atoms with van der Waals surface area (Å²) in [5.41, 5.74) is 0. The molecule has 0 aromatic heterocycles. The molecule has 6 heteroatoms. The van der Waals surface area contributed by atoms with Crippen molar-refractivity contribution in [2.24, 2.45) is 0 Å². The third kappa shape index (κ3) is 156. The van der Waals surface area contributed by atoms with Crippen LogP contribution in [0.1, 0.15) is 13.8 Å². The van der Waals surface area contributed by atoms with Gasteiger partial charge in [0.05, 0.1) is 31.6 Å². The third-order valence-electron chi connectivity index (χ3n) is 0.348. The van der Waals surface area contributed by atoms with Gasteiger partial charge in [-0.25, -0.2) is 0 Å². The molecule has 0 spiro atoms. The summed E-state index contributed by atoms with van der Waals surface area (Å²) in [6, 6.07) is 0. The Labute approximate surface area is 92.8 Å². The van der Waals surface area contributed by atoms with Crippen LogP contribution < -0.4 is 0 Å². The van der Waals surface area contributed by atoms with E-state index in [4.69, 9.17) is 0 Å². The van der Waals surface area contributed by atoms with Crippen molar-refractivity contribution in [1.82, 2.24) is 0 Å². The van der Waals surface area contributed by atoms with E-state index in [-0.39, 0.29) is 5.97 Å². The minimum atomic E-state index is -0.611. The first kappa shape index (κ1) is 19.6. The second-order valence-electron chi connectivity index (χ2n) is 2.41. The van der Waals surface area contributed by atoms with Crippen molar-refractivity contribution in [3.63, 3.8) is 0 Å². The van der Waals surface area contributed by atoms with Crippen LogP contribution in [0.15, 0.2) is 0 Å². The minimum absolute atomic E-state index is 0.211. The first-order chi connectivity index (χ1) is 6.23. The first-order valence-corrected chi connectivity index (χ1v) is 7.80. The van der Waals surface area contributed by atoms with Crippen LogP contribution >= 0.6 is 0 Å². The second kappa shape index (κ2) is 15.6. The quantitative estimate of drug-likeness (QED) is 0.499. The molecule has 0 saturated carbocycles. The van der Waals surface area contributed by atoms with Crippen molar-refractivity contribution >= 4 is 28.3 Å². The molecule has 0 rings (SSSR count). The maximum absolute atomic E-state index is 9.82. The smallest absolute Gasteiger partial charge is 0.302 e. The third-order valence-corrected chi connectivity index (χ3v) is 0.348. The number of hydrogen-bond acceptors (Lipinski definition) is 4. The monoisotopic (exact) mass is 244 g/mol. The molecule has 0 fully saturated rings. The Kier molecular flexibility index (Phi) is 21.8. The van der Waals surface area contributed by atoms with Crippen LogP contribution in [0.5, 0.6) is 0 Å². The molecule has 0 saturated heterocycles. The van der Waals surface area contributed by atoms with E-state index in [1.165, 1.54) is 6.92 Å². The van der Waals surface area contributed by atoms with E-state index >= 15 is 0 Å². The van der Waals surface area contributed by atoms with Crippen LogP contribution in [0.25, 0.3) is 0 Å². The topological polar surface area (TPSA) is 72.4 Å². The molecule has 0 aromatic carbocycles. The Morgan fingerprint density at radius 3 is 1.36 bits per heavy atom. The molecule has 4 nitrogen and oxygen atoms in total. The Balaban J connectivity index is -0.000000135. The average molecular weight is 244 g/mol. The molecule has 0 aromatic rings. The highest BCUT2D eigenvalue weighted by atomic mass is 32.2. The van der Waals surface area contributed by atoms with Gasteiger partial charge in [-0.3, -0.25) is 4.79 Å². The standard InChI is InChI=1S/C4H8O2.2C2H6OS/c1-3-6-4(2)5;2*1-4(2)3/h3H2,1-2H3;2*1-2H3. The number of rotatable bonds is 1. The lowest BCUT2D eigenvalue weighted by Crippen LogP contribution is -1.95. The number of carbonyl (C=O) groups excluding carboxylic acids is 1. The zero-order chi connectivity index (χ0) is 12.1. The Morgan fingerprint density at radius 1 is 1.14 bits per heavy atom. The fourth-order valence-corrected chi connectivity index (χ4v) is 0.203. The number of esters is 1. The summed E-state index contributed by atoms with van der Waals surface area (Å²) in [6.45, 7) is 3.65. The molecule has 0 bridgehead atoms. The van der Waals surface area contributed by atoms with Gasteiger partial charge in [0.15, 0.2) is 0 Å². The van der Waals surface area contributed by atoms with E-state index in [0.717, 1.165) is 0 Å². The van der Waals surface area contributed by atoms with E-state index < -0.39 is 22.4 Å². The van der Waals surface area contributed by atoms with Crippen LogP contribution in [-0.2, 0) is 31.9 Å². The van der Waals surface area contributed by atoms with Crippen molar-refractivity contribution in [2.75, 3.05) is 31.6 Å². The summed E-state index contributed by atoms with van der Waals surface area (Å²) < 4.78 is 23.5. The highest BCUT2D eigenvalue weighted by Crippen LogP contribution is 1.69. The van der Waals surface area contributed by atoms with Crippen molar-refractivity contribution in [2.45, 2.75) is 13.8 Å². The lowest BCUT2D eigenvalue weighted by Gasteiger charge is -1.89. The maximum Gasteiger partial charge on any atom is 0.302 e. The molecular formula is C8H20O4S2. The molecule has 0 unspecified atom stereocenters. The molecule has 0 amide bonds. The highest BCUT2D eigenvalue weighted by Gasteiger charge is 1.81. The molecule has 0 aliphatic rings. The fraction of sp³-hybridized carbons (Fsp3) is 0.875. The van der Waals surface area contributed by atoms with Crippen LogP contribution in [0.3, 0.4) is 0 Å². The maximum atomic E-state index is 9.82.